The van der Waals surface area contributed by atoms with Crippen LogP contribution in [0.3, 0.4) is 0 Å². The van der Waals surface area contributed by atoms with Gasteiger partial charge in [0.05, 0.1) is 33.1 Å². The lowest BCUT2D eigenvalue weighted by Gasteiger charge is -2.20. The lowest BCUT2D eigenvalue weighted by atomic mass is 10.0. The smallest absolute Gasteiger partial charge is 0.0542 e. The van der Waals surface area contributed by atoms with Crippen LogP contribution in [-0.2, 0) is 0 Å². The maximum Gasteiger partial charge on any atom is 0.0542 e. The third kappa shape index (κ3) is 10.5. The van der Waals surface area contributed by atoms with E-state index in [9.17, 15) is 0 Å². The Morgan fingerprint density at radius 3 is 0.852 bits per heavy atom. The Kier molecular flexibility index (Phi) is 14.9. The zero-order valence-electron chi connectivity index (χ0n) is 49.9. The molecular formula is C82H66N6. The monoisotopic (exact) mass is 1130 g/mol. The molecule has 0 aliphatic heterocycles. The van der Waals surface area contributed by atoms with Gasteiger partial charge < -0.3 is 28.4 Å². The van der Waals surface area contributed by atoms with Crippen LogP contribution in [-0.4, -0.2) is 34.8 Å². The Bertz CT molecular complexity index is 5050. The highest BCUT2D eigenvalue weighted by Gasteiger charge is 2.18. The van der Waals surface area contributed by atoms with Crippen LogP contribution in [0.15, 0.2) is 328 Å². The predicted molar refractivity (Wildman–Crippen MR) is 376 cm³/mol. The molecule has 0 bridgehead atoms. The summed E-state index contributed by atoms with van der Waals surface area (Å²) in [4.78, 5) is 6.68. The van der Waals surface area contributed by atoms with E-state index in [1.54, 1.807) is 0 Å². The first kappa shape index (κ1) is 54.6. The van der Waals surface area contributed by atoms with Gasteiger partial charge in [-0.25, -0.2) is 0 Å². The van der Waals surface area contributed by atoms with Crippen molar-refractivity contribution >= 4 is 99.5 Å². The minimum Gasteiger partial charge on any atom is -0.345 e. The van der Waals surface area contributed by atoms with Crippen LogP contribution < -0.4 is 14.7 Å². The Balaban J connectivity index is 0.000000117. The van der Waals surface area contributed by atoms with Gasteiger partial charge in [0.1, 0.15) is 0 Å². The molecule has 0 unspecified atom stereocenters. The van der Waals surface area contributed by atoms with Crippen molar-refractivity contribution in [1.29, 1.82) is 0 Å². The summed E-state index contributed by atoms with van der Waals surface area (Å²) in [5.41, 5.74) is 21.8. The van der Waals surface area contributed by atoms with Crippen molar-refractivity contribution in [3.05, 3.63) is 333 Å². The van der Waals surface area contributed by atoms with E-state index in [1.165, 1.54) is 133 Å². The normalized spacial score (nSPS) is 11.2. The molecule has 16 aromatic rings. The quantitative estimate of drug-likeness (QED) is 0.136. The fourth-order valence-corrected chi connectivity index (χ4v) is 12.5. The van der Waals surface area contributed by atoms with Crippen LogP contribution in [0, 0.1) is 6.92 Å². The SMILES string of the molecule is CN(c1ccccc1)c1ccc(-c2ccc3c(c2)c2ccccc2n3-c2ccccc2)cc1.CN(c1ccccc1)c1ccc2c(c1)c1ccccc1n2-c1ccccc1.Cc1ccc(N(C)c2ccc3c(c2)c2ccccc2n3-c2ccccc2)cc1. The molecule has 0 atom stereocenters. The number of para-hydroxylation sites is 8. The van der Waals surface area contributed by atoms with Crippen molar-refractivity contribution in [3.8, 4) is 28.2 Å². The molecule has 0 saturated carbocycles. The molecule has 88 heavy (non-hydrogen) atoms. The molecule has 3 aromatic heterocycles. The lowest BCUT2D eigenvalue weighted by Crippen LogP contribution is -2.09. The number of nitrogens with zero attached hydrogens (tertiary/aromatic N) is 6. The van der Waals surface area contributed by atoms with E-state index in [1.807, 2.05) is 12.1 Å². The summed E-state index contributed by atoms with van der Waals surface area (Å²) in [6, 6.07) is 116. The molecule has 0 aliphatic rings. The van der Waals surface area contributed by atoms with Crippen molar-refractivity contribution < 1.29 is 0 Å². The second-order valence-corrected chi connectivity index (χ2v) is 22.4. The van der Waals surface area contributed by atoms with E-state index in [-0.39, 0.29) is 0 Å². The summed E-state index contributed by atoms with van der Waals surface area (Å²) in [5.74, 6) is 0. The molecular weight excluding hydrogens is 1070 g/mol. The van der Waals surface area contributed by atoms with Gasteiger partial charge >= 0.3 is 0 Å². The molecule has 0 saturated heterocycles. The fraction of sp³-hybridized carbons (Fsp3) is 0.0488. The van der Waals surface area contributed by atoms with Crippen LogP contribution in [0.2, 0.25) is 0 Å². The molecule has 6 nitrogen and oxygen atoms in total. The first-order valence-corrected chi connectivity index (χ1v) is 30.1. The third-order valence-electron chi connectivity index (χ3n) is 17.1. The number of hydrogen-bond donors (Lipinski definition) is 0. The maximum atomic E-state index is 2.35. The average Bonchev–Trinajstić information content (AvgIpc) is 1.87. The Morgan fingerprint density at radius 2 is 0.466 bits per heavy atom. The lowest BCUT2D eigenvalue weighted by molar-refractivity contribution is 1.17. The Morgan fingerprint density at radius 1 is 0.205 bits per heavy atom. The number of rotatable bonds is 10. The van der Waals surface area contributed by atoms with Gasteiger partial charge in [-0.15, -0.1) is 0 Å². The molecule has 0 spiro atoms. The number of aryl methyl sites for hydroxylation is 1. The van der Waals surface area contributed by atoms with Gasteiger partial charge in [0.25, 0.3) is 0 Å². The van der Waals surface area contributed by atoms with Crippen LogP contribution in [0.5, 0.6) is 0 Å². The van der Waals surface area contributed by atoms with Crippen LogP contribution >= 0.6 is 0 Å². The average molecular weight is 1140 g/mol. The van der Waals surface area contributed by atoms with Crippen molar-refractivity contribution in [2.24, 2.45) is 0 Å². The van der Waals surface area contributed by atoms with Crippen molar-refractivity contribution in [2.45, 2.75) is 6.92 Å². The highest BCUT2D eigenvalue weighted by Crippen LogP contribution is 2.39. The van der Waals surface area contributed by atoms with Crippen molar-refractivity contribution in [3.63, 3.8) is 0 Å². The first-order chi connectivity index (χ1) is 43.3. The standard InChI is InChI=1S/C31H24N2.C26H22N2.C25H20N2/c1-32(25-10-4-2-5-11-25)26-19-16-23(17-20-26)24-18-21-31-29(22-24)28-14-8-9-15-30(28)33(31)27-12-6-3-7-13-27;1-19-12-14-20(15-13-19)27(2)22-16-17-26-24(18-22)23-10-6-7-11-25(23)28(26)21-8-4-3-5-9-21;1-26(19-10-4-2-5-11-19)21-16-17-25-23(18-21)22-14-8-9-15-24(22)27(25)20-12-6-3-7-13-20/h2-22H,1H3;3-18H,1-2H3;2-18H,1H3. The van der Waals surface area contributed by atoms with Gasteiger partial charge in [-0.3, -0.25) is 0 Å². The van der Waals surface area contributed by atoms with Gasteiger partial charge in [0, 0.05) is 105 Å². The molecule has 13 aromatic carbocycles. The van der Waals surface area contributed by atoms with Crippen molar-refractivity contribution in [2.75, 3.05) is 35.8 Å². The van der Waals surface area contributed by atoms with Gasteiger partial charge in [-0.2, -0.15) is 0 Å². The van der Waals surface area contributed by atoms with E-state index < -0.39 is 0 Å². The summed E-state index contributed by atoms with van der Waals surface area (Å²) < 4.78 is 7.05. The summed E-state index contributed by atoms with van der Waals surface area (Å²) >= 11 is 0. The highest BCUT2D eigenvalue weighted by molar-refractivity contribution is 6.12. The number of anilines is 6. The van der Waals surface area contributed by atoms with E-state index in [0.717, 1.165) is 0 Å². The summed E-state index contributed by atoms with van der Waals surface area (Å²) in [6.45, 7) is 2.12. The van der Waals surface area contributed by atoms with Gasteiger partial charge in [0.15, 0.2) is 0 Å². The molecule has 0 N–H and O–H groups in total. The van der Waals surface area contributed by atoms with Crippen LogP contribution in [0.25, 0.3) is 93.6 Å². The molecule has 3 heterocycles. The largest absolute Gasteiger partial charge is 0.345 e. The zero-order valence-corrected chi connectivity index (χ0v) is 49.9. The second kappa shape index (κ2) is 24.0. The summed E-state index contributed by atoms with van der Waals surface area (Å²) in [6.07, 6.45) is 0. The highest BCUT2D eigenvalue weighted by atomic mass is 15.1. The van der Waals surface area contributed by atoms with E-state index in [2.05, 4.69) is 372 Å². The van der Waals surface area contributed by atoms with Crippen LogP contribution in [0.4, 0.5) is 34.1 Å². The topological polar surface area (TPSA) is 24.5 Å². The molecule has 6 heteroatoms. The van der Waals surface area contributed by atoms with E-state index in [0.29, 0.717) is 0 Å². The van der Waals surface area contributed by atoms with E-state index in [4.69, 9.17) is 0 Å². The minimum atomic E-state index is 1.17. The molecule has 424 valence electrons. The molecule has 0 amide bonds. The fourth-order valence-electron chi connectivity index (χ4n) is 12.5. The molecule has 0 radical (unpaired) electrons. The number of fused-ring (bicyclic) bond motifs is 9. The maximum absolute atomic E-state index is 2.35. The van der Waals surface area contributed by atoms with E-state index >= 15 is 0 Å². The molecule has 0 fully saturated rings. The van der Waals surface area contributed by atoms with Crippen molar-refractivity contribution in [1.82, 2.24) is 13.7 Å². The minimum absolute atomic E-state index is 1.17. The number of benzene rings is 13. The summed E-state index contributed by atoms with van der Waals surface area (Å²) in [5, 5.41) is 7.65. The zero-order chi connectivity index (χ0) is 59.5. The predicted octanol–water partition coefficient (Wildman–Crippen LogP) is 21.6. The van der Waals surface area contributed by atoms with Gasteiger partial charge in [-0.1, -0.05) is 181 Å². The first-order valence-electron chi connectivity index (χ1n) is 30.1. The van der Waals surface area contributed by atoms with Gasteiger partial charge in [0.2, 0.25) is 0 Å². The molecule has 16 rings (SSSR count). The second-order valence-electron chi connectivity index (χ2n) is 22.4. The number of hydrogen-bond acceptors (Lipinski definition) is 3. The van der Waals surface area contributed by atoms with Crippen LogP contribution in [0.1, 0.15) is 5.56 Å². The Hall–Kier alpha value is -11.3. The third-order valence-corrected chi connectivity index (χ3v) is 17.1. The molecule has 0 aliphatic carbocycles. The number of aromatic nitrogens is 3. The van der Waals surface area contributed by atoms with Gasteiger partial charge in [-0.05, 0) is 170 Å². The Labute approximate surface area is 514 Å². The summed E-state index contributed by atoms with van der Waals surface area (Å²) in [7, 11) is 6.35.